The van der Waals surface area contributed by atoms with Gasteiger partial charge in [0.15, 0.2) is 11.5 Å². The van der Waals surface area contributed by atoms with Gasteiger partial charge in [-0.05, 0) is 78.9 Å². The molecule has 296 valence electrons. The topological polar surface area (TPSA) is 208 Å². The van der Waals surface area contributed by atoms with E-state index >= 15 is 0 Å². The van der Waals surface area contributed by atoms with Gasteiger partial charge in [0.25, 0.3) is 5.91 Å². The summed E-state index contributed by atoms with van der Waals surface area (Å²) < 4.78 is 18.6. The summed E-state index contributed by atoms with van der Waals surface area (Å²) in [7, 11) is 2.98. The Labute approximate surface area is 324 Å². The van der Waals surface area contributed by atoms with Crippen molar-refractivity contribution in [1.82, 2.24) is 46.4 Å². The number of nitrogens with one attached hydrogen (secondary N) is 4. The van der Waals surface area contributed by atoms with E-state index in [1.807, 2.05) is 30.3 Å². The number of rotatable bonds is 8. The molecule has 5 amide bonds. The predicted molar refractivity (Wildman–Crippen MR) is 203 cm³/mol. The zero-order valence-corrected chi connectivity index (χ0v) is 31.7. The van der Waals surface area contributed by atoms with E-state index in [1.165, 1.54) is 30.1 Å². The number of tetrazole rings is 1. The van der Waals surface area contributed by atoms with Crippen molar-refractivity contribution in [2.24, 2.45) is 0 Å². The number of amides is 5. The van der Waals surface area contributed by atoms with Crippen LogP contribution in [0.5, 0.6) is 23.0 Å². The summed E-state index contributed by atoms with van der Waals surface area (Å²) in [6.45, 7) is 2.01. The van der Waals surface area contributed by atoms with Gasteiger partial charge in [-0.25, -0.2) is 4.68 Å². The summed E-state index contributed by atoms with van der Waals surface area (Å²) in [6.07, 6.45) is 3.08. The number of carbonyl (C=O) groups excluding carboxylic acids is 5. The Balaban J connectivity index is 1.37. The van der Waals surface area contributed by atoms with Gasteiger partial charge in [0, 0.05) is 43.2 Å². The minimum Gasteiger partial charge on any atom is -0.496 e. The number of methoxy groups -OCH3 is 2. The molecule has 4 N–H and O–H groups in total. The molecule has 56 heavy (non-hydrogen) atoms. The summed E-state index contributed by atoms with van der Waals surface area (Å²) in [4.78, 5) is 68.5. The van der Waals surface area contributed by atoms with Gasteiger partial charge in [-0.3, -0.25) is 24.0 Å². The maximum absolute atomic E-state index is 13.7. The number of ether oxygens (including phenoxy) is 3. The van der Waals surface area contributed by atoms with Gasteiger partial charge in [0.2, 0.25) is 23.6 Å². The average molecular weight is 770 g/mol. The van der Waals surface area contributed by atoms with Crippen LogP contribution in [0.3, 0.4) is 0 Å². The molecule has 0 fully saturated rings. The van der Waals surface area contributed by atoms with Gasteiger partial charge in [0.05, 0.1) is 27.3 Å². The molecule has 1 aromatic heterocycles. The summed E-state index contributed by atoms with van der Waals surface area (Å²) in [5.41, 5.74) is 1.94. The molecule has 2 atom stereocenters. The highest BCUT2D eigenvalue weighted by molar-refractivity contribution is 5.95. The van der Waals surface area contributed by atoms with Crippen molar-refractivity contribution in [2.75, 3.05) is 33.9 Å². The van der Waals surface area contributed by atoms with Crippen LogP contribution in [0.4, 0.5) is 0 Å². The van der Waals surface area contributed by atoms with E-state index in [0.29, 0.717) is 59.9 Å². The van der Waals surface area contributed by atoms with Crippen molar-refractivity contribution < 1.29 is 38.2 Å². The SMILES string of the molecule is COc1cc2ccc1CNC(=O)[C@H](C)NC(=O)[C@H](CCc1ccccc1)NC(=O)CN(C(=O)CCn1cnnn1)CCCCNC(=O)c1ccc(OC)c(c1)O2. The first kappa shape index (κ1) is 40.7. The summed E-state index contributed by atoms with van der Waals surface area (Å²) in [5.74, 6) is -0.664. The van der Waals surface area contributed by atoms with Crippen LogP contribution >= 0.6 is 0 Å². The molecule has 3 heterocycles. The van der Waals surface area contributed by atoms with Gasteiger partial charge in [-0.15, -0.1) is 5.10 Å². The van der Waals surface area contributed by atoms with Crippen LogP contribution in [0.25, 0.3) is 0 Å². The van der Waals surface area contributed by atoms with Crippen LogP contribution in [0.1, 0.15) is 54.1 Å². The van der Waals surface area contributed by atoms with Crippen molar-refractivity contribution in [3.05, 3.63) is 89.7 Å². The van der Waals surface area contributed by atoms with E-state index in [4.69, 9.17) is 14.2 Å². The number of fused-ring (bicyclic) bond motifs is 18. The average Bonchev–Trinajstić information content (AvgIpc) is 3.74. The molecule has 0 saturated carbocycles. The van der Waals surface area contributed by atoms with Crippen molar-refractivity contribution in [3.8, 4) is 23.0 Å². The highest BCUT2D eigenvalue weighted by Crippen LogP contribution is 2.35. The van der Waals surface area contributed by atoms with Crippen LogP contribution in [-0.2, 0) is 38.7 Å². The van der Waals surface area contributed by atoms with Gasteiger partial charge in [-0.2, -0.15) is 0 Å². The number of aryl methyl sites for hydroxylation is 2. The Hall–Kier alpha value is -6.52. The lowest BCUT2D eigenvalue weighted by Gasteiger charge is -2.25. The summed E-state index contributed by atoms with van der Waals surface area (Å²) >= 11 is 0. The fourth-order valence-corrected chi connectivity index (χ4v) is 5.99. The van der Waals surface area contributed by atoms with E-state index in [-0.39, 0.29) is 50.8 Å². The molecule has 6 rings (SSSR count). The lowest BCUT2D eigenvalue weighted by atomic mass is 10.0. The Morgan fingerprint density at radius 2 is 1.71 bits per heavy atom. The number of hydrogen-bond donors (Lipinski definition) is 4. The largest absolute Gasteiger partial charge is 0.496 e. The Morgan fingerprint density at radius 3 is 2.46 bits per heavy atom. The van der Waals surface area contributed by atoms with Crippen molar-refractivity contribution in [3.63, 3.8) is 0 Å². The molecular weight excluding hydrogens is 722 g/mol. The maximum atomic E-state index is 13.7. The van der Waals surface area contributed by atoms with E-state index in [2.05, 4.69) is 36.8 Å². The quantitative estimate of drug-likeness (QED) is 0.191. The molecule has 2 aliphatic rings. The maximum Gasteiger partial charge on any atom is 0.251 e. The molecule has 17 nitrogen and oxygen atoms in total. The van der Waals surface area contributed by atoms with Crippen LogP contribution in [-0.4, -0.2) is 101 Å². The lowest BCUT2D eigenvalue weighted by Crippen LogP contribution is -2.54. The third-order valence-corrected chi connectivity index (χ3v) is 9.11. The second kappa shape index (κ2) is 20.2. The van der Waals surface area contributed by atoms with E-state index in [9.17, 15) is 24.0 Å². The monoisotopic (exact) mass is 769 g/mol. The fourth-order valence-electron chi connectivity index (χ4n) is 5.99. The molecule has 0 unspecified atom stereocenters. The zero-order valence-electron chi connectivity index (χ0n) is 31.7. The molecule has 17 heteroatoms. The first-order valence-corrected chi connectivity index (χ1v) is 18.3. The highest BCUT2D eigenvalue weighted by atomic mass is 16.5. The lowest BCUT2D eigenvalue weighted by molar-refractivity contribution is -0.137. The smallest absolute Gasteiger partial charge is 0.251 e. The number of benzene rings is 3. The van der Waals surface area contributed by atoms with Gasteiger partial charge >= 0.3 is 0 Å². The molecular formula is C39H47N9O8. The molecule has 4 aromatic rings. The minimum absolute atomic E-state index is 0.0245. The van der Waals surface area contributed by atoms with E-state index in [1.54, 1.807) is 43.3 Å². The van der Waals surface area contributed by atoms with Crippen molar-refractivity contribution in [1.29, 1.82) is 0 Å². The summed E-state index contributed by atoms with van der Waals surface area (Å²) in [5, 5.41) is 22.3. The molecule has 0 spiro atoms. The van der Waals surface area contributed by atoms with Gasteiger partial charge < -0.3 is 40.4 Å². The second-order valence-electron chi connectivity index (χ2n) is 13.1. The van der Waals surface area contributed by atoms with Crippen molar-refractivity contribution in [2.45, 2.75) is 64.2 Å². The number of carbonyl (C=O) groups is 5. The second-order valence-corrected chi connectivity index (χ2v) is 13.1. The predicted octanol–water partition coefficient (Wildman–Crippen LogP) is 2.16. The normalized spacial score (nSPS) is 17.6. The highest BCUT2D eigenvalue weighted by Gasteiger charge is 2.26. The molecule has 0 aliphatic carbocycles. The van der Waals surface area contributed by atoms with Crippen molar-refractivity contribution >= 4 is 29.5 Å². The number of hydrogen-bond acceptors (Lipinski definition) is 11. The molecule has 3 aromatic carbocycles. The number of aromatic nitrogens is 4. The van der Waals surface area contributed by atoms with E-state index in [0.717, 1.165) is 5.56 Å². The first-order valence-electron chi connectivity index (χ1n) is 18.3. The van der Waals surface area contributed by atoms with Crippen LogP contribution in [0.2, 0.25) is 0 Å². The van der Waals surface area contributed by atoms with Crippen LogP contribution in [0.15, 0.2) is 73.1 Å². The molecule has 2 aliphatic heterocycles. The van der Waals surface area contributed by atoms with Crippen LogP contribution in [0, 0.1) is 0 Å². The fraction of sp³-hybridized carbons (Fsp3) is 0.385. The van der Waals surface area contributed by atoms with Gasteiger partial charge in [0.1, 0.15) is 29.9 Å². The first-order chi connectivity index (χ1) is 27.1. The molecule has 4 bridgehead atoms. The van der Waals surface area contributed by atoms with Gasteiger partial charge in [-0.1, -0.05) is 30.3 Å². The van der Waals surface area contributed by atoms with Crippen LogP contribution < -0.4 is 35.5 Å². The minimum atomic E-state index is -1.01. The van der Waals surface area contributed by atoms with E-state index < -0.39 is 29.8 Å². The Bertz CT molecular complexity index is 1960. The third-order valence-electron chi connectivity index (χ3n) is 9.11. The summed E-state index contributed by atoms with van der Waals surface area (Å²) in [6, 6.07) is 17.4. The Kier molecular flexibility index (Phi) is 14.7. The Morgan fingerprint density at radius 1 is 0.911 bits per heavy atom. The zero-order chi connectivity index (χ0) is 39.9. The molecule has 0 radical (unpaired) electrons. The third kappa shape index (κ3) is 11.7. The standard InChI is InChI=1S/C39H47N9O8/c1-26-37(51)41-23-29-12-14-30(22-33(29)55-3)56-34-21-28(13-16-32(34)54-2)38(52)40-18-7-8-19-47(36(50)17-20-48-25-42-45-46-48)24-35(49)44-31(39(53)43-26)15-11-27-9-5-4-6-10-27/h4-6,9-10,12-14,16,21-22,25-26,31H,7-8,11,15,17-20,23-24H2,1-3H3,(H,40,52)(H,41,51)(H,43,53)(H,44,49)/t26-,31-/m0/s1. The number of nitrogens with zero attached hydrogens (tertiary/aromatic N) is 5. The molecule has 0 saturated heterocycles.